The van der Waals surface area contributed by atoms with Crippen LogP contribution in [0.1, 0.15) is 6.92 Å². The summed E-state index contributed by atoms with van der Waals surface area (Å²) in [7, 11) is 0. The highest BCUT2D eigenvalue weighted by Gasteiger charge is 2.10. The van der Waals surface area contributed by atoms with Crippen molar-refractivity contribution in [3.05, 3.63) is 11.8 Å². The molecule has 1 fully saturated rings. The number of carbonyl (C=O) groups excluding carboxylic acids is 1. The molecule has 0 bridgehead atoms. The van der Waals surface area contributed by atoms with Crippen LogP contribution >= 0.6 is 0 Å². The first-order chi connectivity index (χ1) is 7.18. The molecule has 5 nitrogen and oxygen atoms in total. The van der Waals surface area contributed by atoms with Gasteiger partial charge in [0.1, 0.15) is 6.61 Å². The summed E-state index contributed by atoms with van der Waals surface area (Å²) in [5.74, 6) is -0.372. The van der Waals surface area contributed by atoms with Gasteiger partial charge in [0, 0.05) is 31.4 Å². The molecule has 2 N–H and O–H groups in total. The number of rotatable bonds is 4. The first kappa shape index (κ1) is 12.0. The van der Waals surface area contributed by atoms with E-state index in [0.717, 1.165) is 32.8 Å². The average Bonchev–Trinajstić information content (AvgIpc) is 2.18. The number of allylic oxidation sites excluding steroid dienone is 1. The molecule has 0 amide bonds. The van der Waals surface area contributed by atoms with Crippen LogP contribution in [-0.4, -0.2) is 50.3 Å². The minimum atomic E-state index is -0.372. The van der Waals surface area contributed by atoms with Gasteiger partial charge in [0.2, 0.25) is 0 Å². The van der Waals surface area contributed by atoms with Crippen LogP contribution in [0.25, 0.3) is 0 Å². The lowest BCUT2D eigenvalue weighted by molar-refractivity contribution is -0.138. The Morgan fingerprint density at radius 1 is 1.53 bits per heavy atom. The SMILES string of the molecule is C/C(N)=C/C(=O)OCCN1CCOCC1. The Hall–Kier alpha value is -1.07. The Kier molecular flexibility index (Phi) is 5.14. The maximum Gasteiger partial charge on any atom is 0.332 e. The molecule has 1 rings (SSSR count). The number of esters is 1. The molecule has 0 aromatic carbocycles. The lowest BCUT2D eigenvalue weighted by Crippen LogP contribution is -2.38. The first-order valence-corrected chi connectivity index (χ1v) is 5.09. The van der Waals surface area contributed by atoms with Crippen LogP contribution in [-0.2, 0) is 14.3 Å². The van der Waals surface area contributed by atoms with Crippen molar-refractivity contribution in [2.75, 3.05) is 39.5 Å². The lowest BCUT2D eigenvalue weighted by Gasteiger charge is -2.25. The third-order valence-corrected chi connectivity index (χ3v) is 2.10. The second-order valence-electron chi connectivity index (χ2n) is 3.51. The number of nitrogens with two attached hydrogens (primary N) is 1. The van der Waals surface area contributed by atoms with Crippen molar-refractivity contribution in [3.63, 3.8) is 0 Å². The molecule has 0 saturated carbocycles. The van der Waals surface area contributed by atoms with Gasteiger partial charge in [0.15, 0.2) is 0 Å². The maximum atomic E-state index is 11.1. The summed E-state index contributed by atoms with van der Waals surface area (Å²) in [4.78, 5) is 13.3. The van der Waals surface area contributed by atoms with E-state index in [0.29, 0.717) is 12.3 Å². The third kappa shape index (κ3) is 5.39. The molecule has 0 spiro atoms. The topological polar surface area (TPSA) is 64.8 Å². The van der Waals surface area contributed by atoms with Crippen LogP contribution in [0.5, 0.6) is 0 Å². The summed E-state index contributed by atoms with van der Waals surface area (Å²) < 4.78 is 10.2. The molecule has 0 radical (unpaired) electrons. The summed E-state index contributed by atoms with van der Waals surface area (Å²) in [6, 6.07) is 0. The minimum absolute atomic E-state index is 0.372. The van der Waals surface area contributed by atoms with Gasteiger partial charge in [0.25, 0.3) is 0 Å². The summed E-state index contributed by atoms with van der Waals surface area (Å²) in [5.41, 5.74) is 5.81. The van der Waals surface area contributed by atoms with Gasteiger partial charge in [-0.3, -0.25) is 4.90 Å². The van der Waals surface area contributed by atoms with E-state index in [-0.39, 0.29) is 5.97 Å². The maximum absolute atomic E-state index is 11.1. The van der Waals surface area contributed by atoms with E-state index >= 15 is 0 Å². The fraction of sp³-hybridized carbons (Fsp3) is 0.700. The van der Waals surface area contributed by atoms with Gasteiger partial charge >= 0.3 is 5.97 Å². The first-order valence-electron chi connectivity index (χ1n) is 5.09. The van der Waals surface area contributed by atoms with Gasteiger partial charge in [-0.2, -0.15) is 0 Å². The Labute approximate surface area is 89.8 Å². The molecule has 1 heterocycles. The smallest absolute Gasteiger partial charge is 0.332 e. The van der Waals surface area contributed by atoms with Crippen molar-refractivity contribution in [1.82, 2.24) is 4.90 Å². The van der Waals surface area contributed by atoms with Crippen LogP contribution < -0.4 is 5.73 Å². The van der Waals surface area contributed by atoms with Crippen molar-refractivity contribution >= 4 is 5.97 Å². The molecule has 0 aromatic heterocycles. The zero-order valence-electron chi connectivity index (χ0n) is 9.07. The van der Waals surface area contributed by atoms with Crippen molar-refractivity contribution in [3.8, 4) is 0 Å². The van der Waals surface area contributed by atoms with Crippen LogP contribution in [0.4, 0.5) is 0 Å². The molecule has 0 aromatic rings. The summed E-state index contributed by atoms with van der Waals surface area (Å²) in [5, 5.41) is 0. The summed E-state index contributed by atoms with van der Waals surface area (Å²) in [6.45, 7) is 6.15. The highest BCUT2D eigenvalue weighted by molar-refractivity contribution is 5.82. The van der Waals surface area contributed by atoms with Gasteiger partial charge in [-0.1, -0.05) is 0 Å². The Balaban J connectivity index is 2.10. The molecule has 5 heteroatoms. The fourth-order valence-corrected chi connectivity index (χ4v) is 1.33. The lowest BCUT2D eigenvalue weighted by atomic mass is 10.4. The van der Waals surface area contributed by atoms with E-state index < -0.39 is 0 Å². The van der Waals surface area contributed by atoms with Crippen LogP contribution in [0, 0.1) is 0 Å². The number of nitrogens with zero attached hydrogens (tertiary/aromatic N) is 1. The predicted molar refractivity (Wildman–Crippen MR) is 56.2 cm³/mol. The molecule has 1 aliphatic rings. The van der Waals surface area contributed by atoms with Crippen LogP contribution in [0.2, 0.25) is 0 Å². The number of carbonyl (C=O) groups is 1. The molecular formula is C10H18N2O3. The number of morpholine rings is 1. The van der Waals surface area contributed by atoms with Gasteiger partial charge < -0.3 is 15.2 Å². The van der Waals surface area contributed by atoms with Crippen LogP contribution in [0.3, 0.4) is 0 Å². The van der Waals surface area contributed by atoms with Crippen LogP contribution in [0.15, 0.2) is 11.8 Å². The molecule has 0 unspecified atom stereocenters. The molecule has 0 atom stereocenters. The summed E-state index contributed by atoms with van der Waals surface area (Å²) in [6.07, 6.45) is 1.29. The highest BCUT2D eigenvalue weighted by Crippen LogP contribution is 1.96. The quantitative estimate of drug-likeness (QED) is 0.515. The molecule has 86 valence electrons. The van der Waals surface area contributed by atoms with E-state index in [4.69, 9.17) is 15.2 Å². The molecule has 1 saturated heterocycles. The highest BCUT2D eigenvalue weighted by atomic mass is 16.5. The zero-order valence-corrected chi connectivity index (χ0v) is 9.07. The fourth-order valence-electron chi connectivity index (χ4n) is 1.33. The third-order valence-electron chi connectivity index (χ3n) is 2.10. The van der Waals surface area contributed by atoms with E-state index in [9.17, 15) is 4.79 Å². The van der Waals surface area contributed by atoms with E-state index in [1.807, 2.05) is 0 Å². The largest absolute Gasteiger partial charge is 0.461 e. The van der Waals surface area contributed by atoms with Crippen molar-refractivity contribution in [2.45, 2.75) is 6.92 Å². The van der Waals surface area contributed by atoms with Crippen molar-refractivity contribution in [1.29, 1.82) is 0 Å². The number of hydrogen-bond acceptors (Lipinski definition) is 5. The minimum Gasteiger partial charge on any atom is -0.461 e. The van der Waals surface area contributed by atoms with Gasteiger partial charge in [0.05, 0.1) is 13.2 Å². The molecule has 15 heavy (non-hydrogen) atoms. The molecule has 1 aliphatic heterocycles. The zero-order chi connectivity index (χ0) is 11.1. The van der Waals surface area contributed by atoms with Crippen molar-refractivity contribution < 1.29 is 14.3 Å². The number of ether oxygens (including phenoxy) is 2. The normalized spacial score (nSPS) is 18.9. The van der Waals surface area contributed by atoms with Gasteiger partial charge in [-0.25, -0.2) is 4.79 Å². The monoisotopic (exact) mass is 214 g/mol. The van der Waals surface area contributed by atoms with Crippen molar-refractivity contribution in [2.24, 2.45) is 5.73 Å². The Morgan fingerprint density at radius 2 is 2.20 bits per heavy atom. The standard InChI is InChI=1S/C10H18N2O3/c1-9(11)8-10(13)15-7-4-12-2-5-14-6-3-12/h8H,2-7,11H2,1H3/b9-8-. The Morgan fingerprint density at radius 3 is 2.80 bits per heavy atom. The van der Waals surface area contributed by atoms with Gasteiger partial charge in [-0.15, -0.1) is 0 Å². The average molecular weight is 214 g/mol. The summed E-state index contributed by atoms with van der Waals surface area (Å²) >= 11 is 0. The predicted octanol–water partition coefficient (Wildman–Crippen LogP) is -0.276. The van der Waals surface area contributed by atoms with E-state index in [1.54, 1.807) is 6.92 Å². The second kappa shape index (κ2) is 6.42. The number of hydrogen-bond donors (Lipinski definition) is 1. The van der Waals surface area contributed by atoms with E-state index in [2.05, 4.69) is 4.90 Å². The van der Waals surface area contributed by atoms with E-state index in [1.165, 1.54) is 6.08 Å². The van der Waals surface area contributed by atoms with Gasteiger partial charge in [-0.05, 0) is 6.92 Å². The second-order valence-corrected chi connectivity index (χ2v) is 3.51. The molecular weight excluding hydrogens is 196 g/mol. The molecule has 0 aliphatic carbocycles. The Bertz CT molecular complexity index is 231.